The molecule has 2 fully saturated rings. The van der Waals surface area contributed by atoms with Gasteiger partial charge in [-0.15, -0.1) is 0 Å². The number of likely N-dealkylation sites (tertiary alicyclic amines) is 1. The topological polar surface area (TPSA) is 53.6 Å². The molecule has 2 rings (SSSR count). The number of amides is 1. The molecule has 16 heavy (non-hydrogen) atoms. The van der Waals surface area contributed by atoms with Gasteiger partial charge in [0.2, 0.25) is 0 Å². The van der Waals surface area contributed by atoms with Crippen molar-refractivity contribution >= 4 is 6.09 Å². The van der Waals surface area contributed by atoms with Crippen LogP contribution >= 0.6 is 0 Å². The fourth-order valence-corrected chi connectivity index (χ4v) is 2.57. The van der Waals surface area contributed by atoms with E-state index in [9.17, 15) is 4.79 Å². The molecule has 0 aromatic rings. The van der Waals surface area contributed by atoms with Crippen molar-refractivity contribution in [2.24, 2.45) is 0 Å². The van der Waals surface area contributed by atoms with E-state index >= 15 is 0 Å². The zero-order chi connectivity index (χ0) is 11.4. The van der Waals surface area contributed by atoms with Gasteiger partial charge in [-0.25, -0.2) is 4.79 Å². The number of alkyl carbamates (subject to hydrolysis) is 1. The summed E-state index contributed by atoms with van der Waals surface area (Å²) in [5.74, 6) is 0. The van der Waals surface area contributed by atoms with E-state index in [0.717, 1.165) is 32.6 Å². The standard InChI is InChI=1S/C11H21N3O2/c1-16-11(15)13-10-4-6-14(8-10)7-9-3-2-5-12-9/h9-10,12H,2-8H2,1H3,(H,13,15)/t9-,10?/m0/s1. The van der Waals surface area contributed by atoms with Gasteiger partial charge < -0.3 is 15.4 Å². The lowest BCUT2D eigenvalue weighted by molar-refractivity contribution is 0.166. The molecule has 0 radical (unpaired) electrons. The molecule has 0 saturated carbocycles. The Morgan fingerprint density at radius 2 is 2.44 bits per heavy atom. The van der Waals surface area contributed by atoms with Crippen molar-refractivity contribution in [2.45, 2.75) is 31.3 Å². The van der Waals surface area contributed by atoms with Gasteiger partial charge in [-0.2, -0.15) is 0 Å². The SMILES string of the molecule is COC(=O)NC1CCN(C[C@@H]2CCCN2)C1. The summed E-state index contributed by atoms with van der Waals surface area (Å²) in [6, 6.07) is 0.908. The molecule has 5 nitrogen and oxygen atoms in total. The smallest absolute Gasteiger partial charge is 0.407 e. The molecule has 1 unspecified atom stereocenters. The Morgan fingerprint density at radius 3 is 3.12 bits per heavy atom. The molecule has 2 N–H and O–H groups in total. The Hall–Kier alpha value is -0.810. The molecule has 2 heterocycles. The number of nitrogens with zero attached hydrogens (tertiary/aromatic N) is 1. The maximum Gasteiger partial charge on any atom is 0.407 e. The largest absolute Gasteiger partial charge is 0.453 e. The van der Waals surface area contributed by atoms with Gasteiger partial charge in [0, 0.05) is 31.7 Å². The maximum atomic E-state index is 11.1. The summed E-state index contributed by atoms with van der Waals surface area (Å²) in [6.45, 7) is 4.29. The Balaban J connectivity index is 1.68. The lowest BCUT2D eigenvalue weighted by Gasteiger charge is -2.20. The second-order valence-electron chi connectivity index (χ2n) is 4.67. The number of hydrogen-bond acceptors (Lipinski definition) is 4. The minimum Gasteiger partial charge on any atom is -0.453 e. The van der Waals surface area contributed by atoms with Crippen molar-refractivity contribution in [3.63, 3.8) is 0 Å². The Bertz CT molecular complexity index is 241. The van der Waals surface area contributed by atoms with Crippen molar-refractivity contribution in [1.29, 1.82) is 0 Å². The first-order chi connectivity index (χ1) is 7.78. The third kappa shape index (κ3) is 3.09. The number of nitrogens with one attached hydrogen (secondary N) is 2. The van der Waals surface area contributed by atoms with Gasteiger partial charge in [-0.3, -0.25) is 4.90 Å². The molecule has 0 bridgehead atoms. The van der Waals surface area contributed by atoms with Crippen molar-refractivity contribution < 1.29 is 9.53 Å². The van der Waals surface area contributed by atoms with Crippen LogP contribution in [0.15, 0.2) is 0 Å². The molecule has 2 aliphatic heterocycles. The average molecular weight is 227 g/mol. The zero-order valence-electron chi connectivity index (χ0n) is 9.87. The van der Waals surface area contributed by atoms with E-state index in [4.69, 9.17) is 0 Å². The highest BCUT2D eigenvalue weighted by atomic mass is 16.5. The highest BCUT2D eigenvalue weighted by Crippen LogP contribution is 2.13. The first-order valence-corrected chi connectivity index (χ1v) is 6.08. The highest BCUT2D eigenvalue weighted by molar-refractivity contribution is 5.67. The van der Waals surface area contributed by atoms with E-state index in [2.05, 4.69) is 20.3 Å². The van der Waals surface area contributed by atoms with E-state index in [0.29, 0.717) is 6.04 Å². The molecule has 1 amide bonds. The van der Waals surface area contributed by atoms with Crippen molar-refractivity contribution in [3.8, 4) is 0 Å². The van der Waals surface area contributed by atoms with Crippen LogP contribution in [0.5, 0.6) is 0 Å². The lowest BCUT2D eigenvalue weighted by Crippen LogP contribution is -2.40. The third-order valence-electron chi connectivity index (χ3n) is 3.42. The van der Waals surface area contributed by atoms with Gasteiger partial charge in [0.05, 0.1) is 7.11 Å². The zero-order valence-corrected chi connectivity index (χ0v) is 9.87. The second-order valence-corrected chi connectivity index (χ2v) is 4.67. The van der Waals surface area contributed by atoms with Crippen LogP contribution in [-0.2, 0) is 4.74 Å². The quantitative estimate of drug-likeness (QED) is 0.721. The van der Waals surface area contributed by atoms with Gasteiger partial charge in [0.1, 0.15) is 0 Å². The van der Waals surface area contributed by atoms with Gasteiger partial charge in [0.25, 0.3) is 0 Å². The van der Waals surface area contributed by atoms with Crippen LogP contribution in [0.4, 0.5) is 4.79 Å². The van der Waals surface area contributed by atoms with Crippen molar-refractivity contribution in [2.75, 3.05) is 33.3 Å². The number of ether oxygens (including phenoxy) is 1. The van der Waals surface area contributed by atoms with Crippen molar-refractivity contribution in [3.05, 3.63) is 0 Å². The Morgan fingerprint density at radius 1 is 1.56 bits per heavy atom. The van der Waals surface area contributed by atoms with Crippen LogP contribution < -0.4 is 10.6 Å². The van der Waals surface area contributed by atoms with Crippen LogP contribution in [0.1, 0.15) is 19.3 Å². The van der Waals surface area contributed by atoms with Gasteiger partial charge in [-0.05, 0) is 25.8 Å². The first-order valence-electron chi connectivity index (χ1n) is 6.08. The van der Waals surface area contributed by atoms with Crippen LogP contribution in [0.2, 0.25) is 0 Å². The summed E-state index contributed by atoms with van der Waals surface area (Å²) in [7, 11) is 1.41. The molecule has 2 saturated heterocycles. The Labute approximate surface area is 96.5 Å². The summed E-state index contributed by atoms with van der Waals surface area (Å²) in [5.41, 5.74) is 0. The number of hydrogen-bond donors (Lipinski definition) is 2. The van der Waals surface area contributed by atoms with Crippen LogP contribution in [-0.4, -0.2) is 56.4 Å². The molecule has 0 aromatic heterocycles. The van der Waals surface area contributed by atoms with Gasteiger partial charge >= 0.3 is 6.09 Å². The van der Waals surface area contributed by atoms with E-state index in [1.165, 1.54) is 20.0 Å². The monoisotopic (exact) mass is 227 g/mol. The molecular weight excluding hydrogens is 206 g/mol. The van der Waals surface area contributed by atoms with Crippen molar-refractivity contribution in [1.82, 2.24) is 15.5 Å². The van der Waals surface area contributed by atoms with Gasteiger partial charge in [-0.1, -0.05) is 0 Å². The van der Waals surface area contributed by atoms with E-state index < -0.39 is 0 Å². The summed E-state index contributed by atoms with van der Waals surface area (Å²) in [4.78, 5) is 13.5. The lowest BCUT2D eigenvalue weighted by atomic mass is 10.2. The Kier molecular flexibility index (Phi) is 4.01. The molecule has 0 aliphatic carbocycles. The van der Waals surface area contributed by atoms with Crippen LogP contribution in [0.25, 0.3) is 0 Å². The molecule has 2 atom stereocenters. The third-order valence-corrected chi connectivity index (χ3v) is 3.42. The van der Waals surface area contributed by atoms with Crippen LogP contribution in [0, 0.1) is 0 Å². The molecule has 92 valence electrons. The van der Waals surface area contributed by atoms with Gasteiger partial charge in [0.15, 0.2) is 0 Å². The summed E-state index contributed by atoms with van der Waals surface area (Å²) in [6.07, 6.45) is 3.29. The summed E-state index contributed by atoms with van der Waals surface area (Å²) < 4.78 is 4.60. The average Bonchev–Trinajstić information content (AvgIpc) is 2.91. The number of rotatable bonds is 3. The summed E-state index contributed by atoms with van der Waals surface area (Å²) >= 11 is 0. The number of carbonyl (C=O) groups is 1. The maximum absolute atomic E-state index is 11.1. The highest BCUT2D eigenvalue weighted by Gasteiger charge is 2.26. The van der Waals surface area contributed by atoms with E-state index in [1.54, 1.807) is 0 Å². The fraction of sp³-hybridized carbons (Fsp3) is 0.909. The van der Waals surface area contributed by atoms with E-state index in [-0.39, 0.29) is 12.1 Å². The minimum absolute atomic E-state index is 0.258. The van der Waals surface area contributed by atoms with Crippen LogP contribution in [0.3, 0.4) is 0 Å². The molecule has 0 aromatic carbocycles. The predicted octanol–water partition coefficient (Wildman–Crippen LogP) is 0.169. The number of carbonyl (C=O) groups excluding carboxylic acids is 1. The first kappa shape index (κ1) is 11.7. The molecule has 2 aliphatic rings. The molecular formula is C11H21N3O2. The fourth-order valence-electron chi connectivity index (χ4n) is 2.57. The predicted molar refractivity (Wildman–Crippen MR) is 61.4 cm³/mol. The molecule has 0 spiro atoms. The normalized spacial score (nSPS) is 30.6. The summed E-state index contributed by atoms with van der Waals surface area (Å²) in [5, 5.41) is 6.36. The number of methoxy groups -OCH3 is 1. The van der Waals surface area contributed by atoms with E-state index in [1.807, 2.05) is 0 Å². The second kappa shape index (κ2) is 5.50. The minimum atomic E-state index is -0.314. The molecule has 5 heteroatoms.